The van der Waals surface area contributed by atoms with Gasteiger partial charge >= 0.3 is 0 Å². The number of carbonyl (C=O) groups is 1. The molecule has 0 saturated carbocycles. The molecule has 0 radical (unpaired) electrons. The Hall–Kier alpha value is -3.97. The molecule has 180 valence electrons. The number of hydrogen-bond donors (Lipinski definition) is 1. The fourth-order valence-electron chi connectivity index (χ4n) is 4.05. The van der Waals surface area contributed by atoms with Crippen LogP contribution >= 0.6 is 12.4 Å². The summed E-state index contributed by atoms with van der Waals surface area (Å²) in [5.41, 5.74) is 3.71. The van der Waals surface area contributed by atoms with Crippen molar-refractivity contribution in [1.82, 2.24) is 10.3 Å². The number of pyridine rings is 1. The maximum Gasteiger partial charge on any atom is 0.252 e. The maximum absolute atomic E-state index is 13.5. The van der Waals surface area contributed by atoms with E-state index in [1.807, 2.05) is 73.7 Å². The van der Waals surface area contributed by atoms with E-state index in [0.717, 1.165) is 22.0 Å². The average molecular weight is 493 g/mol. The number of fused-ring (bicyclic) bond motifs is 2. The summed E-state index contributed by atoms with van der Waals surface area (Å²) >= 11 is 0. The van der Waals surface area contributed by atoms with E-state index < -0.39 is 0 Å². The van der Waals surface area contributed by atoms with Gasteiger partial charge in [-0.3, -0.25) is 4.79 Å². The third kappa shape index (κ3) is 4.68. The van der Waals surface area contributed by atoms with Gasteiger partial charge in [-0.2, -0.15) is 0 Å². The molecule has 5 rings (SSSR count). The van der Waals surface area contributed by atoms with E-state index in [1.54, 1.807) is 14.2 Å². The standard InChI is InChI=1S/C27H24N2O5.ClH/c1-16(17-8-10-23(31-2)25(12-17)32-3)28-27(30)20-14-22(29-21-7-5-4-6-19(20)21)18-9-11-24-26(13-18)34-15-33-24;/h4-14,16H,15H2,1-3H3,(H,28,30);1H. The van der Waals surface area contributed by atoms with Crippen LogP contribution in [-0.2, 0) is 0 Å². The number of rotatable bonds is 6. The molecule has 8 heteroatoms. The molecule has 1 unspecified atom stereocenters. The largest absolute Gasteiger partial charge is 0.493 e. The van der Waals surface area contributed by atoms with Crippen LogP contribution in [0, 0.1) is 0 Å². The summed E-state index contributed by atoms with van der Waals surface area (Å²) in [6, 6.07) is 20.4. The van der Waals surface area contributed by atoms with Crippen LogP contribution in [-0.4, -0.2) is 31.9 Å². The minimum atomic E-state index is -0.256. The van der Waals surface area contributed by atoms with Crippen molar-refractivity contribution in [2.24, 2.45) is 0 Å². The SMILES string of the molecule is COc1ccc(C(C)NC(=O)c2cc(-c3ccc4c(c3)OCO4)nc3ccccc23)cc1OC.Cl. The number of methoxy groups -OCH3 is 2. The van der Waals surface area contributed by atoms with Crippen LogP contribution in [0.3, 0.4) is 0 Å². The minimum Gasteiger partial charge on any atom is -0.493 e. The van der Waals surface area contributed by atoms with E-state index in [9.17, 15) is 4.79 Å². The van der Waals surface area contributed by atoms with Crippen molar-refractivity contribution in [3.63, 3.8) is 0 Å². The quantitative estimate of drug-likeness (QED) is 0.379. The molecular formula is C27H25ClN2O5. The number of nitrogens with one attached hydrogen (secondary N) is 1. The molecule has 1 amide bonds. The molecule has 1 atom stereocenters. The lowest BCUT2D eigenvalue weighted by atomic mass is 10.0. The number of ether oxygens (including phenoxy) is 4. The van der Waals surface area contributed by atoms with E-state index in [2.05, 4.69) is 5.32 Å². The Morgan fingerprint density at radius 1 is 0.943 bits per heavy atom. The van der Waals surface area contributed by atoms with Gasteiger partial charge in [-0.1, -0.05) is 24.3 Å². The normalized spacial score (nSPS) is 12.5. The molecule has 0 fully saturated rings. The molecule has 1 aliphatic rings. The van der Waals surface area contributed by atoms with Gasteiger partial charge in [0.15, 0.2) is 23.0 Å². The van der Waals surface area contributed by atoms with E-state index >= 15 is 0 Å². The molecule has 0 aliphatic carbocycles. The molecule has 3 aromatic carbocycles. The van der Waals surface area contributed by atoms with Crippen LogP contribution in [0.1, 0.15) is 28.9 Å². The maximum atomic E-state index is 13.5. The molecule has 7 nitrogen and oxygen atoms in total. The summed E-state index contributed by atoms with van der Waals surface area (Å²) < 4.78 is 21.7. The van der Waals surface area contributed by atoms with Gasteiger partial charge in [0.2, 0.25) is 6.79 Å². The zero-order valence-electron chi connectivity index (χ0n) is 19.5. The fraction of sp³-hybridized carbons (Fsp3) is 0.185. The molecule has 0 spiro atoms. The lowest BCUT2D eigenvalue weighted by molar-refractivity contribution is 0.0941. The van der Waals surface area contributed by atoms with Crippen molar-refractivity contribution in [3.05, 3.63) is 77.9 Å². The highest BCUT2D eigenvalue weighted by Gasteiger charge is 2.19. The highest BCUT2D eigenvalue weighted by Crippen LogP contribution is 2.36. The van der Waals surface area contributed by atoms with Gasteiger partial charge in [-0.15, -0.1) is 12.4 Å². The first-order valence-corrected chi connectivity index (χ1v) is 10.9. The van der Waals surface area contributed by atoms with E-state index in [0.29, 0.717) is 34.3 Å². The third-order valence-corrected chi connectivity index (χ3v) is 5.88. The third-order valence-electron chi connectivity index (χ3n) is 5.88. The predicted molar refractivity (Wildman–Crippen MR) is 136 cm³/mol. The first kappa shape index (κ1) is 24.2. The van der Waals surface area contributed by atoms with Crippen LogP contribution in [0.25, 0.3) is 22.2 Å². The van der Waals surface area contributed by atoms with Crippen LogP contribution in [0.4, 0.5) is 0 Å². The summed E-state index contributed by atoms with van der Waals surface area (Å²) in [6.45, 7) is 2.13. The molecule has 2 heterocycles. The first-order chi connectivity index (χ1) is 16.6. The monoisotopic (exact) mass is 492 g/mol. The molecule has 0 saturated heterocycles. The Kier molecular flexibility index (Phi) is 6.98. The molecular weight excluding hydrogens is 468 g/mol. The number of hydrogen-bond acceptors (Lipinski definition) is 6. The second kappa shape index (κ2) is 10.1. The Balaban J connectivity index is 0.00000289. The smallest absolute Gasteiger partial charge is 0.252 e. The summed E-state index contributed by atoms with van der Waals surface area (Å²) in [6.07, 6.45) is 0. The van der Waals surface area contributed by atoms with Gasteiger partial charge in [0.1, 0.15) is 0 Å². The summed E-state index contributed by atoms with van der Waals surface area (Å²) in [5.74, 6) is 2.42. The van der Waals surface area contributed by atoms with Gasteiger partial charge in [0.25, 0.3) is 5.91 Å². The number of nitrogens with zero attached hydrogens (tertiary/aromatic N) is 1. The van der Waals surface area contributed by atoms with Crippen LogP contribution in [0.15, 0.2) is 66.7 Å². The van der Waals surface area contributed by atoms with Gasteiger partial charge in [0, 0.05) is 10.9 Å². The van der Waals surface area contributed by atoms with Crippen molar-refractivity contribution in [1.29, 1.82) is 0 Å². The Morgan fingerprint density at radius 3 is 2.51 bits per heavy atom. The van der Waals surface area contributed by atoms with E-state index in [1.165, 1.54) is 0 Å². The second-order valence-corrected chi connectivity index (χ2v) is 7.95. The lowest BCUT2D eigenvalue weighted by Crippen LogP contribution is -2.27. The molecule has 1 N–H and O–H groups in total. The van der Waals surface area contributed by atoms with Crippen molar-refractivity contribution in [2.75, 3.05) is 21.0 Å². The molecule has 4 aromatic rings. The number of aromatic nitrogens is 1. The van der Waals surface area contributed by atoms with E-state index in [4.69, 9.17) is 23.9 Å². The molecule has 0 bridgehead atoms. The number of benzene rings is 3. The summed E-state index contributed by atoms with van der Waals surface area (Å²) in [5, 5.41) is 3.89. The van der Waals surface area contributed by atoms with Crippen molar-refractivity contribution < 1.29 is 23.7 Å². The number of halogens is 1. The summed E-state index contributed by atoms with van der Waals surface area (Å²) in [4.78, 5) is 18.2. The number of para-hydroxylation sites is 1. The van der Waals surface area contributed by atoms with Crippen LogP contribution < -0.4 is 24.3 Å². The molecule has 1 aromatic heterocycles. The van der Waals surface area contributed by atoms with Crippen molar-refractivity contribution in [3.8, 4) is 34.3 Å². The number of carbonyl (C=O) groups excluding carboxylic acids is 1. The van der Waals surface area contributed by atoms with Crippen molar-refractivity contribution in [2.45, 2.75) is 13.0 Å². The number of amides is 1. The van der Waals surface area contributed by atoms with Crippen LogP contribution in [0.5, 0.6) is 23.0 Å². The summed E-state index contributed by atoms with van der Waals surface area (Å²) in [7, 11) is 3.18. The minimum absolute atomic E-state index is 0. The predicted octanol–water partition coefficient (Wildman–Crippen LogP) is 5.56. The van der Waals surface area contributed by atoms with E-state index in [-0.39, 0.29) is 31.1 Å². The Labute approximate surface area is 209 Å². The highest BCUT2D eigenvalue weighted by atomic mass is 35.5. The second-order valence-electron chi connectivity index (χ2n) is 7.95. The fourth-order valence-corrected chi connectivity index (χ4v) is 4.05. The first-order valence-electron chi connectivity index (χ1n) is 10.9. The topological polar surface area (TPSA) is 78.9 Å². The average Bonchev–Trinajstić information content (AvgIpc) is 3.35. The van der Waals surface area contributed by atoms with Gasteiger partial charge in [-0.25, -0.2) is 4.98 Å². The van der Waals surface area contributed by atoms with Crippen molar-refractivity contribution >= 4 is 29.2 Å². The Bertz CT molecular complexity index is 1390. The molecule has 1 aliphatic heterocycles. The highest BCUT2D eigenvalue weighted by molar-refractivity contribution is 6.07. The zero-order chi connectivity index (χ0) is 23.7. The van der Waals surface area contributed by atoms with Gasteiger partial charge in [-0.05, 0) is 55.0 Å². The van der Waals surface area contributed by atoms with Gasteiger partial charge in [0.05, 0.1) is 37.0 Å². The lowest BCUT2D eigenvalue weighted by Gasteiger charge is -2.18. The molecule has 35 heavy (non-hydrogen) atoms. The Morgan fingerprint density at radius 2 is 1.71 bits per heavy atom. The van der Waals surface area contributed by atoms with Crippen LogP contribution in [0.2, 0.25) is 0 Å². The zero-order valence-corrected chi connectivity index (χ0v) is 20.3. The van der Waals surface area contributed by atoms with Gasteiger partial charge < -0.3 is 24.3 Å².